The van der Waals surface area contributed by atoms with Gasteiger partial charge >= 0.3 is 5.97 Å². The van der Waals surface area contributed by atoms with E-state index < -0.39 is 66.8 Å². The molecule has 1 aliphatic rings. The van der Waals surface area contributed by atoms with E-state index in [1.807, 2.05) is 6.92 Å². The summed E-state index contributed by atoms with van der Waals surface area (Å²) in [7, 11) is 0. The Bertz CT molecular complexity index is 927. The smallest absolute Gasteiger partial charge is 0.311 e. The standard InChI is InChI=1S/C33H54O10/c1-4-5-14-29-32(41)21-28(38)19-26(36)17-24(34)16-25(35)18-27(37)20-31(40)22(2)13-11-9-7-6-8-10-12-15-30(39)23(3)43-33(29)42/h6-13,15,23-32,34-41H,4-5,14,16-21H2,1-3H3/b7-6+,10-8+,11-9+,15-12+,22-13+/t23-,24+,25-,26+,27-,28+,29-,30+,31+,32+/m1/s1. The van der Waals surface area contributed by atoms with Crippen LogP contribution in [-0.2, 0) is 9.53 Å². The number of rotatable bonds is 3. The molecular weight excluding hydrogens is 556 g/mol. The van der Waals surface area contributed by atoms with Crippen molar-refractivity contribution in [1.29, 1.82) is 0 Å². The lowest BCUT2D eigenvalue weighted by molar-refractivity contribution is -0.162. The Morgan fingerprint density at radius 3 is 1.70 bits per heavy atom. The lowest BCUT2D eigenvalue weighted by Gasteiger charge is -2.27. The van der Waals surface area contributed by atoms with Crippen LogP contribution >= 0.6 is 0 Å². The topological polar surface area (TPSA) is 188 Å². The average Bonchev–Trinajstić information content (AvgIpc) is 2.90. The van der Waals surface area contributed by atoms with Crippen LogP contribution in [0.2, 0.25) is 0 Å². The predicted octanol–water partition coefficient (Wildman–Crippen LogP) is 2.14. The van der Waals surface area contributed by atoms with Gasteiger partial charge in [0.25, 0.3) is 0 Å². The van der Waals surface area contributed by atoms with E-state index in [1.165, 1.54) is 6.08 Å². The summed E-state index contributed by atoms with van der Waals surface area (Å²) >= 11 is 0. The van der Waals surface area contributed by atoms with Crippen molar-refractivity contribution in [2.75, 3.05) is 0 Å². The molecule has 0 unspecified atom stereocenters. The molecule has 10 heteroatoms. The van der Waals surface area contributed by atoms with Gasteiger partial charge in [0.2, 0.25) is 0 Å². The quantitative estimate of drug-likeness (QED) is 0.220. The molecule has 0 spiro atoms. The fraction of sp³-hybridized carbons (Fsp3) is 0.667. The SMILES string of the molecule is CCCC[C@H]1C(=O)O[C@H](C)[C@@H](O)/C=C/C=C/C=C/C=C/C=C(\C)[C@@H](O)C[C@H](O)C[C@H](O)C[C@H](O)C[C@H](O)C[C@H](O)C[C@@H]1O. The van der Waals surface area contributed by atoms with Crippen molar-refractivity contribution in [1.82, 2.24) is 0 Å². The summed E-state index contributed by atoms with van der Waals surface area (Å²) in [6, 6.07) is 0. The molecule has 8 N–H and O–H groups in total. The molecule has 10 nitrogen and oxygen atoms in total. The van der Waals surface area contributed by atoms with E-state index in [0.717, 1.165) is 6.42 Å². The zero-order valence-electron chi connectivity index (χ0n) is 25.7. The zero-order valence-corrected chi connectivity index (χ0v) is 25.7. The van der Waals surface area contributed by atoms with Crippen LogP contribution in [0.25, 0.3) is 0 Å². The van der Waals surface area contributed by atoms with Crippen LogP contribution in [-0.4, -0.2) is 102 Å². The number of aliphatic hydroxyl groups is 8. The Morgan fingerprint density at radius 1 is 0.698 bits per heavy atom. The van der Waals surface area contributed by atoms with Crippen LogP contribution in [0.1, 0.15) is 78.6 Å². The first-order chi connectivity index (χ1) is 20.3. The lowest BCUT2D eigenvalue weighted by Crippen LogP contribution is -2.37. The first-order valence-corrected chi connectivity index (χ1v) is 15.3. The van der Waals surface area contributed by atoms with Crippen LogP contribution in [0.3, 0.4) is 0 Å². The van der Waals surface area contributed by atoms with Gasteiger partial charge < -0.3 is 45.6 Å². The van der Waals surface area contributed by atoms with Crippen molar-refractivity contribution in [3.63, 3.8) is 0 Å². The van der Waals surface area contributed by atoms with Crippen molar-refractivity contribution in [2.24, 2.45) is 5.92 Å². The number of esters is 1. The molecule has 1 aliphatic heterocycles. The number of hydrogen-bond donors (Lipinski definition) is 8. The fourth-order valence-electron chi connectivity index (χ4n) is 4.83. The van der Waals surface area contributed by atoms with E-state index >= 15 is 0 Å². The van der Waals surface area contributed by atoms with Gasteiger partial charge in [-0.3, -0.25) is 4.79 Å². The number of carbonyl (C=O) groups excluding carboxylic acids is 1. The third-order valence-electron chi connectivity index (χ3n) is 7.46. The molecule has 10 atom stereocenters. The van der Waals surface area contributed by atoms with Gasteiger partial charge in [-0.2, -0.15) is 0 Å². The van der Waals surface area contributed by atoms with E-state index in [9.17, 15) is 45.6 Å². The summed E-state index contributed by atoms with van der Waals surface area (Å²) in [5, 5.41) is 83.5. The van der Waals surface area contributed by atoms with E-state index in [0.29, 0.717) is 18.4 Å². The Morgan fingerprint density at radius 2 is 1.16 bits per heavy atom. The highest BCUT2D eigenvalue weighted by molar-refractivity contribution is 5.73. The summed E-state index contributed by atoms with van der Waals surface area (Å²) in [5.74, 6) is -1.62. The molecule has 0 saturated heterocycles. The van der Waals surface area contributed by atoms with Crippen molar-refractivity contribution < 1.29 is 50.4 Å². The summed E-state index contributed by atoms with van der Waals surface area (Å²) in [6.07, 6.45) is 6.60. The first kappa shape index (κ1) is 38.9. The van der Waals surface area contributed by atoms with Crippen LogP contribution < -0.4 is 0 Å². The van der Waals surface area contributed by atoms with E-state index in [1.54, 1.807) is 62.5 Å². The van der Waals surface area contributed by atoms with E-state index in [4.69, 9.17) is 4.74 Å². The highest BCUT2D eigenvalue weighted by Crippen LogP contribution is 2.23. The highest BCUT2D eigenvalue weighted by Gasteiger charge is 2.32. The Labute approximate surface area is 256 Å². The summed E-state index contributed by atoms with van der Waals surface area (Å²) in [5.41, 5.74) is 0.622. The molecule has 0 bridgehead atoms. The summed E-state index contributed by atoms with van der Waals surface area (Å²) in [4.78, 5) is 12.9. The molecule has 0 radical (unpaired) electrons. The molecule has 246 valence electrons. The summed E-state index contributed by atoms with van der Waals surface area (Å²) in [6.45, 7) is 5.21. The minimum atomic E-state index is -1.25. The highest BCUT2D eigenvalue weighted by atomic mass is 16.6. The molecule has 0 fully saturated rings. The Balaban J connectivity index is 3.06. The van der Waals surface area contributed by atoms with Crippen molar-refractivity contribution >= 4 is 5.97 Å². The lowest BCUT2D eigenvalue weighted by atomic mass is 9.90. The van der Waals surface area contributed by atoms with Gasteiger partial charge in [0.05, 0.1) is 48.6 Å². The van der Waals surface area contributed by atoms with Crippen molar-refractivity contribution in [2.45, 2.75) is 133 Å². The van der Waals surface area contributed by atoms with Gasteiger partial charge in [0.15, 0.2) is 0 Å². The largest absolute Gasteiger partial charge is 0.459 e. The van der Waals surface area contributed by atoms with Crippen LogP contribution in [0.4, 0.5) is 0 Å². The maximum atomic E-state index is 12.9. The molecule has 0 saturated carbocycles. The van der Waals surface area contributed by atoms with Gasteiger partial charge in [-0.25, -0.2) is 0 Å². The van der Waals surface area contributed by atoms with Crippen molar-refractivity contribution in [3.8, 4) is 0 Å². The molecule has 0 aliphatic carbocycles. The monoisotopic (exact) mass is 610 g/mol. The molecule has 0 amide bonds. The van der Waals surface area contributed by atoms with Gasteiger partial charge in [0.1, 0.15) is 12.2 Å². The maximum absolute atomic E-state index is 12.9. The average molecular weight is 611 g/mol. The molecule has 1 heterocycles. The van der Waals surface area contributed by atoms with Gasteiger partial charge in [0, 0.05) is 12.8 Å². The Kier molecular flexibility index (Phi) is 19.5. The van der Waals surface area contributed by atoms with Crippen LogP contribution in [0.5, 0.6) is 0 Å². The molecule has 1 rings (SSSR count). The molecule has 0 aromatic heterocycles. The number of hydrogen-bond acceptors (Lipinski definition) is 10. The number of allylic oxidation sites excluding steroid dienone is 8. The number of unbranched alkanes of at least 4 members (excludes halogenated alkanes) is 1. The molecule has 0 aromatic carbocycles. The third kappa shape index (κ3) is 17.1. The second-order valence-corrected chi connectivity index (χ2v) is 11.6. The molecule has 0 aromatic rings. The fourth-order valence-corrected chi connectivity index (χ4v) is 4.83. The van der Waals surface area contributed by atoms with E-state index in [-0.39, 0.29) is 38.5 Å². The van der Waals surface area contributed by atoms with Gasteiger partial charge in [-0.15, -0.1) is 0 Å². The van der Waals surface area contributed by atoms with Crippen LogP contribution in [0.15, 0.2) is 60.3 Å². The third-order valence-corrected chi connectivity index (χ3v) is 7.46. The van der Waals surface area contributed by atoms with Gasteiger partial charge in [-0.1, -0.05) is 74.4 Å². The van der Waals surface area contributed by atoms with E-state index in [2.05, 4.69) is 0 Å². The van der Waals surface area contributed by atoms with Crippen LogP contribution in [0, 0.1) is 5.92 Å². The first-order valence-electron chi connectivity index (χ1n) is 15.3. The molecule has 43 heavy (non-hydrogen) atoms. The summed E-state index contributed by atoms with van der Waals surface area (Å²) < 4.78 is 5.45. The molecular formula is C33H54O10. The number of ether oxygens (including phenoxy) is 1. The Hall–Kier alpha value is -2.15. The van der Waals surface area contributed by atoms with Gasteiger partial charge in [-0.05, 0) is 51.5 Å². The predicted molar refractivity (Wildman–Crippen MR) is 165 cm³/mol. The normalized spacial score (nSPS) is 39.7. The maximum Gasteiger partial charge on any atom is 0.311 e. The minimum Gasteiger partial charge on any atom is -0.459 e. The minimum absolute atomic E-state index is 0.00262. The second kappa shape index (κ2) is 21.5. The second-order valence-electron chi connectivity index (χ2n) is 11.6. The number of carbonyl (C=O) groups is 1. The zero-order chi connectivity index (χ0) is 32.4. The number of cyclic esters (lactones) is 1. The van der Waals surface area contributed by atoms with Crippen molar-refractivity contribution in [3.05, 3.63) is 60.3 Å². The number of aliphatic hydroxyl groups excluding tert-OH is 8.